The number of anilines is 2. The van der Waals surface area contributed by atoms with E-state index in [1.807, 2.05) is 13.8 Å². The van der Waals surface area contributed by atoms with Crippen LogP contribution in [0.5, 0.6) is 0 Å². The van der Waals surface area contributed by atoms with Gasteiger partial charge in [0.2, 0.25) is 0 Å². The number of rotatable bonds is 12. The molecule has 0 radical (unpaired) electrons. The average Bonchev–Trinajstić information content (AvgIpc) is 2.79. The van der Waals surface area contributed by atoms with Crippen molar-refractivity contribution in [3.05, 3.63) is 47.5 Å². The van der Waals surface area contributed by atoms with E-state index in [4.69, 9.17) is 24.4 Å². The second-order valence-corrected chi connectivity index (χ2v) is 11.9. The van der Waals surface area contributed by atoms with Crippen molar-refractivity contribution in [1.82, 2.24) is 0 Å². The summed E-state index contributed by atoms with van der Waals surface area (Å²) in [6, 6.07) is 8.61. The van der Waals surface area contributed by atoms with Gasteiger partial charge in [0.15, 0.2) is 0 Å². The van der Waals surface area contributed by atoms with Gasteiger partial charge in [-0.1, -0.05) is 75.4 Å². The normalized spacial score (nSPS) is 12.0. The molecule has 2 rings (SSSR count). The number of benzene rings is 2. The predicted molar refractivity (Wildman–Crippen MR) is 153 cm³/mol. The Morgan fingerprint density at radius 1 is 0.750 bits per heavy atom. The molecule has 12 heteroatoms. The van der Waals surface area contributed by atoms with Gasteiger partial charge in [-0.2, -0.15) is 16.8 Å². The minimum Gasteiger partial charge on any atom is -0.350 e. The highest BCUT2D eigenvalue weighted by atomic mass is 32.2. The Morgan fingerprint density at radius 3 is 1.42 bits per heavy atom. The van der Waals surface area contributed by atoms with Crippen LogP contribution < -0.4 is 10.6 Å². The number of unbranched alkanes of at least 4 members (excludes halogenated alkanes) is 2. The maximum absolute atomic E-state index is 12.0. The van der Waals surface area contributed by atoms with E-state index in [-0.39, 0.29) is 20.9 Å². The summed E-state index contributed by atoms with van der Waals surface area (Å²) in [7, 11) is -9.21. The van der Waals surface area contributed by atoms with Gasteiger partial charge in [0, 0.05) is 11.4 Å². The Labute approximate surface area is 223 Å². The van der Waals surface area contributed by atoms with Crippen molar-refractivity contribution >= 4 is 78.2 Å². The monoisotopic (exact) mass is 570 g/mol. The van der Waals surface area contributed by atoms with E-state index in [9.17, 15) is 25.9 Å². The molecule has 2 aromatic rings. The van der Waals surface area contributed by atoms with Crippen LogP contribution in [-0.2, 0) is 20.2 Å². The van der Waals surface area contributed by atoms with E-state index in [1.165, 1.54) is 36.4 Å². The van der Waals surface area contributed by atoms with Crippen molar-refractivity contribution < 1.29 is 25.9 Å². The summed E-state index contributed by atoms with van der Waals surface area (Å²) in [4.78, 5) is 0.328. The Hall–Kier alpha value is -2.22. The molecule has 0 amide bonds. The maximum atomic E-state index is 12.0. The number of thiocarbonyl (C=S) groups is 2. The summed E-state index contributed by atoms with van der Waals surface area (Å²) in [6.45, 7) is 4.06. The Bertz CT molecular complexity index is 1250. The van der Waals surface area contributed by atoms with Gasteiger partial charge in [-0.25, -0.2) is 0 Å². The quantitative estimate of drug-likeness (QED) is 0.133. The number of hydrogen-bond acceptors (Lipinski definition) is 6. The topological polar surface area (TPSA) is 133 Å². The number of nitrogens with one attached hydrogen (secondary N) is 2. The molecule has 36 heavy (non-hydrogen) atoms. The SMILES string of the molecule is CCCCC(=S)Nc1ccc(C=Cc2ccc(NC(=S)CCCC)cc2S(=O)(=O)O)c(S(=O)(=O)O)c1. The lowest BCUT2D eigenvalue weighted by molar-refractivity contribution is 0.480. The maximum Gasteiger partial charge on any atom is 0.295 e. The highest BCUT2D eigenvalue weighted by Crippen LogP contribution is 2.26. The minimum atomic E-state index is -4.61. The standard InChI is InChI=1S/C24H30N2O6S4/c1-3-5-7-23(33)25-19-13-11-17(21(15-19)35(27,28)29)9-10-18-12-14-20(16-22(18)36(30,31)32)26-24(34)8-6-4-2/h9-16H,3-8H2,1-2H3,(H,25,33)(H,26,34)(H,27,28,29)(H,30,31,32). The minimum absolute atomic E-state index is 0.117. The van der Waals surface area contributed by atoms with Crippen LogP contribution in [0.25, 0.3) is 12.2 Å². The predicted octanol–water partition coefficient (Wildman–Crippen LogP) is 6.21. The highest BCUT2D eigenvalue weighted by molar-refractivity contribution is 7.86. The first kappa shape index (κ1) is 30.0. The van der Waals surface area contributed by atoms with Crippen molar-refractivity contribution in [2.24, 2.45) is 0 Å². The smallest absolute Gasteiger partial charge is 0.295 e. The molecule has 0 aliphatic carbocycles. The molecule has 196 valence electrons. The molecule has 0 aromatic heterocycles. The van der Waals surface area contributed by atoms with Crippen molar-refractivity contribution in [3.63, 3.8) is 0 Å². The van der Waals surface area contributed by atoms with Gasteiger partial charge >= 0.3 is 0 Å². The third kappa shape index (κ3) is 9.34. The summed E-state index contributed by atoms with van der Waals surface area (Å²) >= 11 is 10.5. The summed E-state index contributed by atoms with van der Waals surface area (Å²) in [5, 5.41) is 5.91. The van der Waals surface area contributed by atoms with Gasteiger partial charge in [0.05, 0.1) is 9.98 Å². The first-order valence-corrected chi connectivity index (χ1v) is 15.1. The molecule has 4 N–H and O–H groups in total. The van der Waals surface area contributed by atoms with Crippen molar-refractivity contribution in [3.8, 4) is 0 Å². The van der Waals surface area contributed by atoms with Crippen LogP contribution in [0.2, 0.25) is 0 Å². The molecule has 0 unspecified atom stereocenters. The molecule has 2 aromatic carbocycles. The highest BCUT2D eigenvalue weighted by Gasteiger charge is 2.18. The zero-order valence-corrected chi connectivity index (χ0v) is 23.3. The van der Waals surface area contributed by atoms with Gasteiger partial charge in [0.25, 0.3) is 20.2 Å². The third-order valence-electron chi connectivity index (χ3n) is 5.11. The Morgan fingerprint density at radius 2 is 1.11 bits per heavy atom. The summed E-state index contributed by atoms with van der Waals surface area (Å²) < 4.78 is 67.6. The van der Waals surface area contributed by atoms with Crippen LogP contribution in [0.4, 0.5) is 11.4 Å². The zero-order chi connectivity index (χ0) is 26.9. The fourth-order valence-electron chi connectivity index (χ4n) is 3.25. The number of hydrogen-bond donors (Lipinski definition) is 4. The zero-order valence-electron chi connectivity index (χ0n) is 20.0. The molecule has 0 fully saturated rings. The lowest BCUT2D eigenvalue weighted by atomic mass is 10.1. The van der Waals surface area contributed by atoms with E-state index in [0.717, 1.165) is 25.7 Å². The van der Waals surface area contributed by atoms with E-state index in [2.05, 4.69) is 10.6 Å². The molecule has 0 aliphatic heterocycles. The van der Waals surface area contributed by atoms with Gasteiger partial charge in [0.1, 0.15) is 9.79 Å². The average molecular weight is 571 g/mol. The molecular formula is C24H30N2O6S4. The molecule has 0 saturated heterocycles. The van der Waals surface area contributed by atoms with Crippen molar-refractivity contribution in [2.75, 3.05) is 10.6 Å². The molecule has 0 aliphatic rings. The first-order valence-electron chi connectivity index (χ1n) is 11.4. The largest absolute Gasteiger partial charge is 0.350 e. The summed E-state index contributed by atoms with van der Waals surface area (Å²) in [5.74, 6) is 0. The summed E-state index contributed by atoms with van der Waals surface area (Å²) in [5.41, 5.74) is 1.03. The van der Waals surface area contributed by atoms with Crippen LogP contribution in [0.1, 0.15) is 63.5 Å². The van der Waals surface area contributed by atoms with E-state index < -0.39 is 20.2 Å². The Kier molecular flexibility index (Phi) is 11.1. The van der Waals surface area contributed by atoms with Gasteiger partial charge in [-0.05, 0) is 61.1 Å². The van der Waals surface area contributed by atoms with Crippen LogP contribution in [-0.4, -0.2) is 35.9 Å². The molecule has 0 saturated carbocycles. The summed E-state index contributed by atoms with van der Waals surface area (Å²) in [6.07, 6.45) is 7.63. The Balaban J connectivity index is 2.40. The lowest BCUT2D eigenvalue weighted by Gasteiger charge is -2.12. The van der Waals surface area contributed by atoms with E-state index >= 15 is 0 Å². The van der Waals surface area contributed by atoms with Crippen LogP contribution in [0.3, 0.4) is 0 Å². The van der Waals surface area contributed by atoms with Gasteiger partial charge in [-0.3, -0.25) is 9.11 Å². The first-order chi connectivity index (χ1) is 16.8. The molecule has 8 nitrogen and oxygen atoms in total. The van der Waals surface area contributed by atoms with Crippen LogP contribution >= 0.6 is 24.4 Å². The third-order valence-corrected chi connectivity index (χ3v) is 7.54. The van der Waals surface area contributed by atoms with Crippen molar-refractivity contribution in [1.29, 1.82) is 0 Å². The molecule has 0 spiro atoms. The van der Waals surface area contributed by atoms with E-state index in [1.54, 1.807) is 12.1 Å². The molecule has 0 heterocycles. The lowest BCUT2D eigenvalue weighted by Crippen LogP contribution is -2.10. The van der Waals surface area contributed by atoms with E-state index in [0.29, 0.717) is 34.2 Å². The second-order valence-electron chi connectivity index (χ2n) is 8.09. The fraction of sp³-hybridized carbons (Fsp3) is 0.333. The molecule has 0 atom stereocenters. The molecular weight excluding hydrogens is 541 g/mol. The van der Waals surface area contributed by atoms with Crippen LogP contribution in [0, 0.1) is 0 Å². The molecule has 0 bridgehead atoms. The van der Waals surface area contributed by atoms with Crippen LogP contribution in [0.15, 0.2) is 46.2 Å². The second kappa shape index (κ2) is 13.4. The van der Waals surface area contributed by atoms with Gasteiger partial charge < -0.3 is 10.6 Å². The van der Waals surface area contributed by atoms with Crippen molar-refractivity contribution in [2.45, 2.75) is 62.2 Å². The fourth-order valence-corrected chi connectivity index (χ4v) is 5.19. The van der Waals surface area contributed by atoms with Gasteiger partial charge in [-0.15, -0.1) is 0 Å².